The Hall–Kier alpha value is -2.96. The summed E-state index contributed by atoms with van der Waals surface area (Å²) < 4.78 is 37.2. The summed E-state index contributed by atoms with van der Waals surface area (Å²) in [7, 11) is -2.80. The van der Waals surface area contributed by atoms with Crippen LogP contribution in [0.15, 0.2) is 42.0 Å². The Kier molecular flexibility index (Phi) is 9.40. The van der Waals surface area contributed by atoms with Gasteiger partial charge in [0.2, 0.25) is 18.6 Å². The van der Waals surface area contributed by atoms with Crippen LogP contribution in [0.1, 0.15) is 46.1 Å². The molecular weight excluding hydrogens is 802 g/mol. The molecule has 260 valence electrons. The smallest absolute Gasteiger partial charge is 0.333 e. The molecule has 0 bridgehead atoms. The maximum atomic E-state index is 13.6. The first-order chi connectivity index (χ1) is 22.2. The van der Waals surface area contributed by atoms with Gasteiger partial charge in [-0.1, -0.05) is 62.2 Å². The number of rotatable bonds is 9. The first kappa shape index (κ1) is 36.3. The summed E-state index contributed by atoms with van der Waals surface area (Å²) >= 11 is 7.44. The van der Waals surface area contributed by atoms with Crippen LogP contribution >= 0.6 is 43.6 Å². The Bertz CT molecular complexity index is 1730. The number of thioether (sulfide) groups is 1. The van der Waals surface area contributed by atoms with Crippen molar-refractivity contribution in [2.24, 2.45) is 0 Å². The fraction of sp³-hybridized carbons (Fsp3) is 0.533. The van der Waals surface area contributed by atoms with Crippen LogP contribution in [0.3, 0.4) is 0 Å². The summed E-state index contributed by atoms with van der Waals surface area (Å²) in [4.78, 5) is 80.2. The summed E-state index contributed by atoms with van der Waals surface area (Å²) in [6.07, 6.45) is 1.21. The molecule has 0 radical (unpaired) electrons. The maximum Gasteiger partial charge on any atom is 0.333 e. The van der Waals surface area contributed by atoms with Crippen molar-refractivity contribution < 1.29 is 51.4 Å². The SMILES string of the molecule is COC(=O)C=C(C)C(C(=O)N[C@@H]1C(=O)N2[C@@H]1SC(C)(C)[C@@H]2C(=O)OCOC(=O)[C@@H]1N2C(=O)C(Br)(Br)[C@H]2S(=O)(=O)C1(C)C)c1ccccc1. The Labute approximate surface area is 297 Å². The Balaban J connectivity index is 1.24. The minimum absolute atomic E-state index is 0.399. The second-order valence-electron chi connectivity index (χ2n) is 12.8. The highest BCUT2D eigenvalue weighted by molar-refractivity contribution is 9.26. The van der Waals surface area contributed by atoms with E-state index in [1.54, 1.807) is 51.1 Å². The van der Waals surface area contributed by atoms with Gasteiger partial charge in [0.15, 0.2) is 18.4 Å². The normalized spacial score (nSPS) is 29.4. The Morgan fingerprint density at radius 2 is 1.58 bits per heavy atom. The molecule has 0 spiro atoms. The first-order valence-corrected chi connectivity index (χ1v) is 18.6. The van der Waals surface area contributed by atoms with E-state index in [0.717, 1.165) is 4.90 Å². The van der Waals surface area contributed by atoms with Crippen molar-refractivity contribution in [2.45, 2.75) is 82.1 Å². The fourth-order valence-corrected chi connectivity index (χ4v) is 12.6. The Morgan fingerprint density at radius 3 is 2.17 bits per heavy atom. The molecule has 5 rings (SSSR count). The lowest BCUT2D eigenvalue weighted by Gasteiger charge is -2.45. The largest absolute Gasteiger partial charge is 0.466 e. The zero-order valence-electron chi connectivity index (χ0n) is 26.6. The number of sulfone groups is 1. The van der Waals surface area contributed by atoms with Crippen LogP contribution in [-0.2, 0) is 52.8 Å². The second kappa shape index (κ2) is 12.4. The van der Waals surface area contributed by atoms with E-state index >= 15 is 0 Å². The van der Waals surface area contributed by atoms with E-state index in [4.69, 9.17) is 14.2 Å². The number of fused-ring (bicyclic) bond motifs is 2. The summed E-state index contributed by atoms with van der Waals surface area (Å²) in [5.41, 5.74) is 0.994. The molecule has 1 aromatic carbocycles. The molecule has 1 aromatic rings. The van der Waals surface area contributed by atoms with Gasteiger partial charge in [-0.25, -0.2) is 22.8 Å². The van der Waals surface area contributed by atoms with Gasteiger partial charge in [-0.3, -0.25) is 14.4 Å². The number of β-lactam (4-membered cyclic amide) rings is 2. The molecule has 4 aliphatic heterocycles. The fourth-order valence-electron chi connectivity index (χ4n) is 6.53. The number of methoxy groups -OCH3 is 1. The highest BCUT2D eigenvalue weighted by atomic mass is 79.9. The predicted molar refractivity (Wildman–Crippen MR) is 178 cm³/mol. The van der Waals surface area contributed by atoms with E-state index in [1.165, 1.54) is 43.7 Å². The zero-order valence-corrected chi connectivity index (χ0v) is 31.4. The average molecular weight is 836 g/mol. The highest BCUT2D eigenvalue weighted by Crippen LogP contribution is 2.57. The number of carbonyl (C=O) groups excluding carboxylic acids is 6. The Morgan fingerprint density at radius 1 is 1.00 bits per heavy atom. The summed E-state index contributed by atoms with van der Waals surface area (Å²) in [5, 5.41) is 0.813. The lowest BCUT2D eigenvalue weighted by molar-refractivity contribution is -0.181. The molecule has 4 fully saturated rings. The zero-order chi connectivity index (χ0) is 35.7. The monoisotopic (exact) mass is 833 g/mol. The van der Waals surface area contributed by atoms with Crippen molar-refractivity contribution in [1.82, 2.24) is 15.1 Å². The van der Waals surface area contributed by atoms with Gasteiger partial charge in [-0.2, -0.15) is 0 Å². The van der Waals surface area contributed by atoms with Crippen molar-refractivity contribution in [1.29, 1.82) is 0 Å². The number of benzene rings is 1. The minimum Gasteiger partial charge on any atom is -0.466 e. The topological polar surface area (TPSA) is 183 Å². The second-order valence-corrected chi connectivity index (χ2v) is 20.7. The minimum atomic E-state index is -4.03. The third-order valence-corrected chi connectivity index (χ3v) is 15.6. The molecule has 4 heterocycles. The number of alkyl halides is 2. The van der Waals surface area contributed by atoms with Gasteiger partial charge >= 0.3 is 17.9 Å². The summed E-state index contributed by atoms with van der Waals surface area (Å²) in [5.74, 6) is -5.21. The van der Waals surface area contributed by atoms with E-state index < -0.39 is 99.8 Å². The van der Waals surface area contributed by atoms with Gasteiger partial charge < -0.3 is 29.3 Å². The molecule has 4 saturated heterocycles. The lowest BCUT2D eigenvalue weighted by Crippen LogP contribution is -2.71. The van der Waals surface area contributed by atoms with Gasteiger partial charge in [-0.15, -0.1) is 11.8 Å². The molecule has 1 unspecified atom stereocenters. The number of esters is 3. The molecule has 4 aliphatic rings. The standard InChI is InChI=1S/C30H33Br2N3O11S2/c1-14(12-16(36)44-6)17(15-10-8-7-9-11-15)21(37)33-18-22(38)34-19(28(2,3)47-23(18)34)24(39)45-13-46-25(40)20-29(4,5)48(42,43)27-30(31,32)26(41)35(20)27/h7-12,17-20,23,27H,13H2,1-6H3,(H,33,37)/t17?,18-,19+,20+,23-,27-/m1/s1. The van der Waals surface area contributed by atoms with Crippen molar-refractivity contribution in [2.75, 3.05) is 13.9 Å². The average Bonchev–Trinajstić information content (AvgIpc) is 3.35. The third-order valence-electron chi connectivity index (χ3n) is 9.03. The van der Waals surface area contributed by atoms with Crippen LogP contribution in [0, 0.1) is 0 Å². The van der Waals surface area contributed by atoms with Crippen LogP contribution in [0.2, 0.25) is 0 Å². The highest BCUT2D eigenvalue weighted by Gasteiger charge is 2.77. The van der Waals surface area contributed by atoms with E-state index in [1.807, 2.05) is 0 Å². The molecule has 3 amide bonds. The number of hydrogen-bond acceptors (Lipinski definition) is 12. The first-order valence-electron chi connectivity index (χ1n) is 14.6. The lowest BCUT2D eigenvalue weighted by atomic mass is 9.89. The number of ether oxygens (including phenoxy) is 3. The molecule has 6 atom stereocenters. The van der Waals surface area contributed by atoms with E-state index in [2.05, 4.69) is 37.2 Å². The summed E-state index contributed by atoms with van der Waals surface area (Å²) in [6.45, 7) is 6.79. The van der Waals surface area contributed by atoms with Gasteiger partial charge in [0, 0.05) is 10.8 Å². The molecule has 0 saturated carbocycles. The number of carbonyl (C=O) groups is 6. The number of amides is 3. The number of nitrogens with one attached hydrogen (secondary N) is 1. The molecule has 18 heteroatoms. The molecule has 0 aromatic heterocycles. The van der Waals surface area contributed by atoms with Crippen LogP contribution in [0.5, 0.6) is 0 Å². The molecular formula is C30H33Br2N3O11S2. The summed E-state index contributed by atoms with van der Waals surface area (Å²) in [6, 6.07) is 5.15. The predicted octanol–water partition coefficient (Wildman–Crippen LogP) is 1.71. The van der Waals surface area contributed by atoms with Gasteiger partial charge in [0.05, 0.1) is 13.0 Å². The van der Waals surface area contributed by atoms with Gasteiger partial charge in [0.25, 0.3) is 5.91 Å². The van der Waals surface area contributed by atoms with Crippen molar-refractivity contribution >= 4 is 89.1 Å². The van der Waals surface area contributed by atoms with Gasteiger partial charge in [0.1, 0.15) is 28.2 Å². The van der Waals surface area contributed by atoms with E-state index in [9.17, 15) is 37.2 Å². The van der Waals surface area contributed by atoms with Crippen molar-refractivity contribution in [3.8, 4) is 0 Å². The van der Waals surface area contributed by atoms with Crippen LogP contribution in [0.4, 0.5) is 0 Å². The molecule has 0 aliphatic carbocycles. The molecule has 1 N–H and O–H groups in total. The van der Waals surface area contributed by atoms with E-state index in [-0.39, 0.29) is 0 Å². The molecule has 14 nitrogen and oxygen atoms in total. The van der Waals surface area contributed by atoms with E-state index in [0.29, 0.717) is 11.1 Å². The van der Waals surface area contributed by atoms with Gasteiger partial charge in [-0.05, 0) is 45.8 Å². The van der Waals surface area contributed by atoms with Crippen molar-refractivity contribution in [3.63, 3.8) is 0 Å². The number of nitrogens with zero attached hydrogens (tertiary/aromatic N) is 2. The number of hydrogen-bond donors (Lipinski definition) is 1. The molecule has 48 heavy (non-hydrogen) atoms. The quantitative estimate of drug-likeness (QED) is 0.125. The number of halogens is 2. The van der Waals surface area contributed by atoms with Crippen LogP contribution in [-0.4, -0.2) is 109 Å². The van der Waals surface area contributed by atoms with Crippen LogP contribution < -0.4 is 5.32 Å². The van der Waals surface area contributed by atoms with Crippen LogP contribution in [0.25, 0.3) is 0 Å². The third kappa shape index (κ3) is 5.55. The van der Waals surface area contributed by atoms with Crippen molar-refractivity contribution in [3.05, 3.63) is 47.5 Å². The maximum absolute atomic E-state index is 13.6.